The SMILES string of the molecule is CC(C)[C@@H](NC(=O)CCSc1ccc(Br)cc1)C(=O)O. The van der Waals surface area contributed by atoms with Crippen LogP contribution in [0.2, 0.25) is 0 Å². The highest BCUT2D eigenvalue weighted by Crippen LogP contribution is 2.21. The summed E-state index contributed by atoms with van der Waals surface area (Å²) in [6.45, 7) is 3.55. The Hall–Kier alpha value is -1.01. The molecule has 4 nitrogen and oxygen atoms in total. The lowest BCUT2D eigenvalue weighted by atomic mass is 10.0. The van der Waals surface area contributed by atoms with Gasteiger partial charge in [0.2, 0.25) is 5.91 Å². The van der Waals surface area contributed by atoms with Crippen LogP contribution in [-0.2, 0) is 9.59 Å². The fraction of sp³-hybridized carbons (Fsp3) is 0.429. The number of amides is 1. The third-order valence-electron chi connectivity index (χ3n) is 2.66. The Labute approximate surface area is 131 Å². The van der Waals surface area contributed by atoms with Gasteiger partial charge in [-0.15, -0.1) is 11.8 Å². The minimum absolute atomic E-state index is 0.129. The molecule has 0 aromatic heterocycles. The molecule has 0 saturated heterocycles. The molecule has 110 valence electrons. The summed E-state index contributed by atoms with van der Waals surface area (Å²) in [5, 5.41) is 11.5. The number of hydrogen-bond donors (Lipinski definition) is 2. The molecule has 0 unspecified atom stereocenters. The van der Waals surface area contributed by atoms with Crippen molar-refractivity contribution in [3.8, 4) is 0 Å². The molecule has 0 aliphatic rings. The summed E-state index contributed by atoms with van der Waals surface area (Å²) in [4.78, 5) is 23.8. The van der Waals surface area contributed by atoms with Gasteiger partial charge in [-0.1, -0.05) is 29.8 Å². The number of carbonyl (C=O) groups is 2. The van der Waals surface area contributed by atoms with Gasteiger partial charge in [0.05, 0.1) is 0 Å². The monoisotopic (exact) mass is 359 g/mol. The normalized spacial score (nSPS) is 12.2. The fourth-order valence-corrected chi connectivity index (χ4v) is 2.67. The smallest absolute Gasteiger partial charge is 0.326 e. The highest BCUT2D eigenvalue weighted by Gasteiger charge is 2.22. The van der Waals surface area contributed by atoms with Gasteiger partial charge in [-0.2, -0.15) is 0 Å². The van der Waals surface area contributed by atoms with Crippen molar-refractivity contribution in [2.75, 3.05) is 5.75 Å². The first-order valence-electron chi connectivity index (χ1n) is 6.30. The Kier molecular flexibility index (Phi) is 7.09. The van der Waals surface area contributed by atoms with E-state index in [0.717, 1.165) is 9.37 Å². The zero-order valence-corrected chi connectivity index (χ0v) is 13.8. The van der Waals surface area contributed by atoms with Crippen LogP contribution in [-0.4, -0.2) is 28.8 Å². The van der Waals surface area contributed by atoms with E-state index in [-0.39, 0.29) is 11.8 Å². The topological polar surface area (TPSA) is 66.4 Å². The number of rotatable bonds is 7. The Balaban J connectivity index is 2.36. The van der Waals surface area contributed by atoms with Crippen LogP contribution in [0.5, 0.6) is 0 Å². The summed E-state index contributed by atoms with van der Waals surface area (Å²) >= 11 is 4.93. The molecule has 2 N–H and O–H groups in total. The molecule has 20 heavy (non-hydrogen) atoms. The molecule has 1 amide bonds. The molecular weight excluding hydrogens is 342 g/mol. The molecule has 1 rings (SSSR count). The van der Waals surface area contributed by atoms with E-state index in [1.165, 1.54) is 0 Å². The molecule has 0 radical (unpaired) electrons. The molecule has 1 aromatic rings. The van der Waals surface area contributed by atoms with Gasteiger partial charge in [0.15, 0.2) is 0 Å². The fourth-order valence-electron chi connectivity index (χ4n) is 1.55. The third-order valence-corrected chi connectivity index (χ3v) is 4.20. The van der Waals surface area contributed by atoms with E-state index < -0.39 is 12.0 Å². The van der Waals surface area contributed by atoms with E-state index in [9.17, 15) is 9.59 Å². The molecule has 0 fully saturated rings. The number of nitrogens with one attached hydrogen (secondary N) is 1. The largest absolute Gasteiger partial charge is 0.480 e. The number of hydrogen-bond acceptors (Lipinski definition) is 3. The van der Waals surface area contributed by atoms with Crippen LogP contribution in [0.25, 0.3) is 0 Å². The van der Waals surface area contributed by atoms with Crippen molar-refractivity contribution < 1.29 is 14.7 Å². The Morgan fingerprint density at radius 3 is 2.40 bits per heavy atom. The second-order valence-electron chi connectivity index (χ2n) is 4.68. The minimum atomic E-state index is -0.992. The van der Waals surface area contributed by atoms with E-state index in [1.807, 2.05) is 24.3 Å². The molecular formula is C14H18BrNO3S. The maximum Gasteiger partial charge on any atom is 0.326 e. The molecule has 0 bridgehead atoms. The number of carbonyl (C=O) groups excluding carboxylic acids is 1. The zero-order valence-electron chi connectivity index (χ0n) is 11.4. The Morgan fingerprint density at radius 1 is 1.30 bits per heavy atom. The first-order valence-corrected chi connectivity index (χ1v) is 8.08. The summed E-state index contributed by atoms with van der Waals surface area (Å²) < 4.78 is 1.01. The van der Waals surface area contributed by atoms with Gasteiger partial charge in [0, 0.05) is 21.5 Å². The molecule has 0 saturated carbocycles. The third kappa shape index (κ3) is 5.96. The second-order valence-corrected chi connectivity index (χ2v) is 6.76. The van der Waals surface area contributed by atoms with Crippen LogP contribution < -0.4 is 5.32 Å². The van der Waals surface area contributed by atoms with Gasteiger partial charge < -0.3 is 10.4 Å². The molecule has 0 spiro atoms. The zero-order chi connectivity index (χ0) is 15.1. The van der Waals surface area contributed by atoms with E-state index >= 15 is 0 Å². The quantitative estimate of drug-likeness (QED) is 0.733. The number of benzene rings is 1. The minimum Gasteiger partial charge on any atom is -0.480 e. The predicted octanol–water partition coefficient (Wildman–Crippen LogP) is 3.16. The van der Waals surface area contributed by atoms with Crippen molar-refractivity contribution in [2.45, 2.75) is 31.2 Å². The van der Waals surface area contributed by atoms with Crippen LogP contribution in [0, 0.1) is 5.92 Å². The van der Waals surface area contributed by atoms with Crippen LogP contribution in [0.3, 0.4) is 0 Å². The van der Waals surface area contributed by atoms with Crippen molar-refractivity contribution >= 4 is 39.6 Å². The summed E-state index contributed by atoms with van der Waals surface area (Å²) in [5.74, 6) is -0.724. The second kappa shape index (κ2) is 8.32. The maximum atomic E-state index is 11.7. The van der Waals surface area contributed by atoms with Crippen LogP contribution in [0.1, 0.15) is 20.3 Å². The molecule has 6 heteroatoms. The van der Waals surface area contributed by atoms with Gasteiger partial charge >= 0.3 is 5.97 Å². The van der Waals surface area contributed by atoms with Crippen molar-refractivity contribution in [2.24, 2.45) is 5.92 Å². The lowest BCUT2D eigenvalue weighted by Crippen LogP contribution is -2.44. The first kappa shape index (κ1) is 17.0. The van der Waals surface area contributed by atoms with E-state index in [2.05, 4.69) is 21.2 Å². The molecule has 1 atom stereocenters. The van der Waals surface area contributed by atoms with Crippen LogP contribution in [0.15, 0.2) is 33.6 Å². The highest BCUT2D eigenvalue weighted by molar-refractivity contribution is 9.10. The van der Waals surface area contributed by atoms with Crippen molar-refractivity contribution in [3.05, 3.63) is 28.7 Å². The summed E-state index contributed by atoms with van der Waals surface area (Å²) in [5.41, 5.74) is 0. The summed E-state index contributed by atoms with van der Waals surface area (Å²) in [7, 11) is 0. The van der Waals surface area contributed by atoms with E-state index in [4.69, 9.17) is 5.11 Å². The van der Waals surface area contributed by atoms with E-state index in [1.54, 1.807) is 25.6 Å². The van der Waals surface area contributed by atoms with Crippen molar-refractivity contribution in [1.82, 2.24) is 5.32 Å². The van der Waals surface area contributed by atoms with Gasteiger partial charge in [-0.3, -0.25) is 4.79 Å². The standard InChI is InChI=1S/C14H18BrNO3S/c1-9(2)13(14(18)19)16-12(17)7-8-20-11-5-3-10(15)4-6-11/h3-6,9,13H,7-8H2,1-2H3,(H,16,17)(H,18,19)/t13-/m1/s1. The van der Waals surface area contributed by atoms with Crippen LogP contribution in [0.4, 0.5) is 0 Å². The molecule has 0 aliphatic heterocycles. The number of carboxylic acids is 1. The summed E-state index contributed by atoms with van der Waals surface area (Å²) in [6.07, 6.45) is 0.303. The van der Waals surface area contributed by atoms with Gasteiger partial charge in [0.25, 0.3) is 0 Å². The maximum absolute atomic E-state index is 11.7. The lowest BCUT2D eigenvalue weighted by Gasteiger charge is -2.17. The van der Waals surface area contributed by atoms with Crippen LogP contribution >= 0.6 is 27.7 Å². The number of halogens is 1. The van der Waals surface area contributed by atoms with Gasteiger partial charge in [-0.25, -0.2) is 4.79 Å². The van der Waals surface area contributed by atoms with Gasteiger partial charge in [0.1, 0.15) is 6.04 Å². The number of aliphatic carboxylic acids is 1. The molecule has 1 aromatic carbocycles. The number of thioether (sulfide) groups is 1. The highest BCUT2D eigenvalue weighted by atomic mass is 79.9. The first-order chi connectivity index (χ1) is 9.40. The predicted molar refractivity (Wildman–Crippen MR) is 83.9 cm³/mol. The Bertz CT molecular complexity index is 462. The van der Waals surface area contributed by atoms with Crippen molar-refractivity contribution in [3.63, 3.8) is 0 Å². The van der Waals surface area contributed by atoms with E-state index in [0.29, 0.717) is 12.2 Å². The molecule has 0 heterocycles. The lowest BCUT2D eigenvalue weighted by molar-refractivity contribution is -0.143. The average molecular weight is 360 g/mol. The molecule has 0 aliphatic carbocycles. The van der Waals surface area contributed by atoms with Gasteiger partial charge in [-0.05, 0) is 30.2 Å². The number of carboxylic acid groups (broad SMARTS) is 1. The Morgan fingerprint density at radius 2 is 1.90 bits per heavy atom. The van der Waals surface area contributed by atoms with Crippen molar-refractivity contribution in [1.29, 1.82) is 0 Å². The summed E-state index contributed by atoms with van der Waals surface area (Å²) in [6, 6.07) is 7.02. The average Bonchev–Trinajstić information content (AvgIpc) is 2.37.